The third-order valence-corrected chi connectivity index (χ3v) is 4.84. The van der Waals surface area contributed by atoms with Crippen molar-refractivity contribution in [2.75, 3.05) is 0 Å². The molecule has 0 aliphatic carbocycles. The molecule has 0 N–H and O–H groups in total. The van der Waals surface area contributed by atoms with Gasteiger partial charge in [0.25, 0.3) is 0 Å². The molecule has 4 rings (SSSR count). The van der Waals surface area contributed by atoms with Crippen LogP contribution in [0.2, 0.25) is 0 Å². The van der Waals surface area contributed by atoms with Crippen molar-refractivity contribution in [3.63, 3.8) is 0 Å². The van der Waals surface area contributed by atoms with Crippen molar-refractivity contribution in [3.05, 3.63) is 130 Å². The molecule has 0 unspecified atom stereocenters. The molecule has 4 aromatic carbocycles. The van der Waals surface area contributed by atoms with Crippen LogP contribution in [-0.4, -0.2) is 5.78 Å². The summed E-state index contributed by atoms with van der Waals surface area (Å²) in [6.07, 6.45) is 0. The molecule has 0 aliphatic heterocycles. The van der Waals surface area contributed by atoms with Gasteiger partial charge >= 0.3 is 0 Å². The van der Waals surface area contributed by atoms with Crippen LogP contribution in [-0.2, 0) is 0 Å². The van der Waals surface area contributed by atoms with Crippen LogP contribution in [0.4, 0.5) is 0 Å². The molecule has 0 amide bonds. The number of carbonyl (C=O) groups is 1. The SMILES string of the molecule is Cc1ccc(C(=O)c2cccc(C)c2)cc1.Cc1ccc(Oc2cccc(C)c2)cc1. The first-order valence-electron chi connectivity index (χ1n) is 10.4. The molecule has 31 heavy (non-hydrogen) atoms. The third kappa shape index (κ3) is 6.68. The normalized spacial score (nSPS) is 10.1. The van der Waals surface area contributed by atoms with Crippen LogP contribution in [0.25, 0.3) is 0 Å². The van der Waals surface area contributed by atoms with Gasteiger partial charge < -0.3 is 4.74 Å². The van der Waals surface area contributed by atoms with Gasteiger partial charge in [0.1, 0.15) is 11.5 Å². The quantitative estimate of drug-likeness (QED) is 0.324. The lowest BCUT2D eigenvalue weighted by atomic mass is 10.0. The van der Waals surface area contributed by atoms with Crippen molar-refractivity contribution >= 4 is 5.78 Å². The average Bonchev–Trinajstić information content (AvgIpc) is 2.76. The summed E-state index contributed by atoms with van der Waals surface area (Å²) in [6, 6.07) is 31.5. The van der Waals surface area contributed by atoms with Gasteiger partial charge in [-0.15, -0.1) is 0 Å². The van der Waals surface area contributed by atoms with Gasteiger partial charge in [0.15, 0.2) is 5.78 Å². The summed E-state index contributed by atoms with van der Waals surface area (Å²) in [4.78, 5) is 12.1. The van der Waals surface area contributed by atoms with E-state index in [0.29, 0.717) is 0 Å². The summed E-state index contributed by atoms with van der Waals surface area (Å²) in [6.45, 7) is 8.13. The predicted molar refractivity (Wildman–Crippen MR) is 128 cm³/mol. The zero-order valence-electron chi connectivity index (χ0n) is 18.6. The second kappa shape index (κ2) is 10.4. The fraction of sp³-hybridized carbons (Fsp3) is 0.138. The van der Waals surface area contributed by atoms with Gasteiger partial charge in [0, 0.05) is 11.1 Å². The smallest absolute Gasteiger partial charge is 0.193 e. The van der Waals surface area contributed by atoms with E-state index >= 15 is 0 Å². The van der Waals surface area contributed by atoms with E-state index in [-0.39, 0.29) is 5.78 Å². The van der Waals surface area contributed by atoms with Crippen molar-refractivity contribution in [3.8, 4) is 11.5 Å². The lowest BCUT2D eigenvalue weighted by Crippen LogP contribution is -2.01. The summed E-state index contributed by atoms with van der Waals surface area (Å²) in [7, 11) is 0. The Morgan fingerprint density at radius 2 is 1.06 bits per heavy atom. The maximum Gasteiger partial charge on any atom is 0.193 e. The fourth-order valence-electron chi connectivity index (χ4n) is 3.08. The van der Waals surface area contributed by atoms with Crippen molar-refractivity contribution < 1.29 is 9.53 Å². The van der Waals surface area contributed by atoms with Gasteiger partial charge in [-0.05, 0) is 63.6 Å². The molecule has 0 aromatic heterocycles. The molecule has 0 bridgehead atoms. The monoisotopic (exact) mass is 408 g/mol. The summed E-state index contributed by atoms with van der Waals surface area (Å²) in [5, 5.41) is 0. The fourth-order valence-corrected chi connectivity index (χ4v) is 3.08. The standard InChI is InChI=1S/C15H14O.C14H14O/c1-11-6-8-13(9-7-11)15(16)14-5-3-4-12(2)10-14;1-11-6-8-13(9-7-11)15-14-5-3-4-12(2)10-14/h3-10H,1-2H3;3-10H,1-2H3. The Hall–Kier alpha value is -3.65. The first-order valence-corrected chi connectivity index (χ1v) is 10.4. The summed E-state index contributed by atoms with van der Waals surface area (Å²) >= 11 is 0. The Labute approximate surface area is 185 Å². The summed E-state index contributed by atoms with van der Waals surface area (Å²) in [5.41, 5.74) is 6.23. The molecule has 0 heterocycles. The zero-order chi connectivity index (χ0) is 22.2. The molecule has 2 heteroatoms. The number of ether oxygens (including phenoxy) is 1. The van der Waals surface area contributed by atoms with Crippen molar-refractivity contribution in [1.29, 1.82) is 0 Å². The summed E-state index contributed by atoms with van der Waals surface area (Å²) in [5.74, 6) is 1.86. The second-order valence-electron chi connectivity index (χ2n) is 7.80. The van der Waals surface area contributed by atoms with Gasteiger partial charge in [0.05, 0.1) is 0 Å². The minimum atomic E-state index is 0.0868. The van der Waals surface area contributed by atoms with Crippen LogP contribution in [0.15, 0.2) is 97.1 Å². The molecule has 156 valence electrons. The van der Waals surface area contributed by atoms with Crippen molar-refractivity contribution in [2.45, 2.75) is 27.7 Å². The first-order chi connectivity index (χ1) is 14.9. The van der Waals surface area contributed by atoms with E-state index in [1.54, 1.807) is 0 Å². The van der Waals surface area contributed by atoms with E-state index in [2.05, 4.69) is 19.9 Å². The highest BCUT2D eigenvalue weighted by molar-refractivity contribution is 6.09. The van der Waals surface area contributed by atoms with Crippen molar-refractivity contribution in [2.24, 2.45) is 0 Å². The Morgan fingerprint density at radius 1 is 0.516 bits per heavy atom. The van der Waals surface area contributed by atoms with Crippen LogP contribution in [0.3, 0.4) is 0 Å². The zero-order valence-corrected chi connectivity index (χ0v) is 18.6. The Morgan fingerprint density at radius 3 is 1.65 bits per heavy atom. The maximum absolute atomic E-state index is 12.1. The molecule has 0 fully saturated rings. The third-order valence-electron chi connectivity index (χ3n) is 4.84. The van der Waals surface area contributed by atoms with E-state index < -0.39 is 0 Å². The van der Waals surface area contributed by atoms with Gasteiger partial charge in [-0.1, -0.05) is 83.4 Å². The Balaban J connectivity index is 0.000000176. The first kappa shape index (κ1) is 22.0. The predicted octanol–water partition coefficient (Wildman–Crippen LogP) is 7.63. The second-order valence-corrected chi connectivity index (χ2v) is 7.80. The van der Waals surface area contributed by atoms with E-state index in [1.165, 1.54) is 16.7 Å². The highest BCUT2D eigenvalue weighted by Gasteiger charge is 2.08. The van der Waals surface area contributed by atoms with Crippen LogP contribution in [0.5, 0.6) is 11.5 Å². The summed E-state index contributed by atoms with van der Waals surface area (Å²) < 4.78 is 5.71. The molecule has 0 saturated heterocycles. The Bertz CT molecular complexity index is 1140. The maximum atomic E-state index is 12.1. The lowest BCUT2D eigenvalue weighted by molar-refractivity contribution is 0.103. The number of carbonyl (C=O) groups excluding carboxylic acids is 1. The number of benzene rings is 4. The van der Waals surface area contributed by atoms with Gasteiger partial charge in [0.2, 0.25) is 0 Å². The number of rotatable bonds is 4. The highest BCUT2D eigenvalue weighted by atomic mass is 16.5. The van der Waals surface area contributed by atoms with Gasteiger partial charge in [-0.3, -0.25) is 4.79 Å². The number of aryl methyl sites for hydroxylation is 4. The molecule has 0 radical (unpaired) electrons. The molecule has 4 aromatic rings. The topological polar surface area (TPSA) is 26.3 Å². The van der Waals surface area contributed by atoms with Crippen molar-refractivity contribution in [1.82, 2.24) is 0 Å². The molecule has 0 saturated carbocycles. The number of hydrogen-bond acceptors (Lipinski definition) is 2. The molecule has 0 aliphatic rings. The van der Waals surface area contributed by atoms with Crippen LogP contribution < -0.4 is 4.74 Å². The molecule has 2 nitrogen and oxygen atoms in total. The lowest BCUT2D eigenvalue weighted by Gasteiger charge is -2.06. The largest absolute Gasteiger partial charge is 0.457 e. The van der Waals surface area contributed by atoms with Gasteiger partial charge in [-0.25, -0.2) is 0 Å². The minimum Gasteiger partial charge on any atom is -0.457 e. The van der Waals surface area contributed by atoms with E-state index in [0.717, 1.165) is 28.2 Å². The highest BCUT2D eigenvalue weighted by Crippen LogP contribution is 2.22. The van der Waals surface area contributed by atoms with E-state index in [1.807, 2.05) is 105 Å². The van der Waals surface area contributed by atoms with Gasteiger partial charge in [-0.2, -0.15) is 0 Å². The molecule has 0 atom stereocenters. The van der Waals surface area contributed by atoms with Crippen LogP contribution in [0, 0.1) is 27.7 Å². The average molecular weight is 409 g/mol. The molecular weight excluding hydrogens is 380 g/mol. The number of ketones is 1. The molecular formula is C29H28O2. The van der Waals surface area contributed by atoms with E-state index in [9.17, 15) is 4.79 Å². The van der Waals surface area contributed by atoms with E-state index in [4.69, 9.17) is 4.74 Å². The minimum absolute atomic E-state index is 0.0868. The van der Waals surface area contributed by atoms with Crippen LogP contribution in [0.1, 0.15) is 38.2 Å². The Kier molecular flexibility index (Phi) is 7.40. The van der Waals surface area contributed by atoms with Crippen LogP contribution >= 0.6 is 0 Å². The molecule has 0 spiro atoms. The number of hydrogen-bond donors (Lipinski definition) is 0.